The molecule has 0 N–H and O–H groups in total. The van der Waals surface area contributed by atoms with Gasteiger partial charge in [-0.2, -0.15) is 18.2 Å². The molecule has 0 fully saturated rings. The molecule has 0 amide bonds. The van der Waals surface area contributed by atoms with Gasteiger partial charge in [0.25, 0.3) is 5.56 Å². The smallest absolute Gasteiger partial charge is 0.328 e. The number of pyridine rings is 1. The van der Waals surface area contributed by atoms with E-state index in [-0.39, 0.29) is 29.3 Å². The Morgan fingerprint density at radius 3 is 2.44 bits per heavy atom. The average Bonchev–Trinajstić information content (AvgIpc) is 3.18. The second-order valence-corrected chi connectivity index (χ2v) is 8.11. The topological polar surface area (TPSA) is 65.6 Å². The molecule has 0 aliphatic heterocycles. The monoisotopic (exact) mass is 461 g/mol. The molecule has 32 heavy (non-hydrogen) atoms. The molecule has 4 rings (SSSR count). The molecule has 0 saturated heterocycles. The van der Waals surface area contributed by atoms with Gasteiger partial charge in [0.15, 0.2) is 5.69 Å². The van der Waals surface area contributed by atoms with Crippen LogP contribution in [0.4, 0.5) is 13.2 Å². The van der Waals surface area contributed by atoms with Crippen LogP contribution in [-0.2, 0) is 12.7 Å². The molecule has 0 aliphatic carbocycles. The third kappa shape index (κ3) is 4.12. The summed E-state index contributed by atoms with van der Waals surface area (Å²) in [6.45, 7) is 5.60. The highest BCUT2D eigenvalue weighted by atomic mass is 35.5. The van der Waals surface area contributed by atoms with Crippen molar-refractivity contribution in [1.82, 2.24) is 24.1 Å². The molecule has 0 radical (unpaired) electrons. The second kappa shape index (κ2) is 8.05. The minimum Gasteiger partial charge on any atom is -0.328 e. The quantitative estimate of drug-likeness (QED) is 0.389. The van der Waals surface area contributed by atoms with Gasteiger partial charge in [0.05, 0.1) is 6.54 Å². The van der Waals surface area contributed by atoms with E-state index < -0.39 is 11.9 Å². The number of rotatable bonds is 4. The number of hydrogen-bond acceptors (Lipinski definition) is 4. The maximum absolute atomic E-state index is 13.2. The van der Waals surface area contributed by atoms with E-state index in [9.17, 15) is 18.0 Å². The molecule has 6 nitrogen and oxygen atoms in total. The number of aromatic nitrogens is 5. The van der Waals surface area contributed by atoms with E-state index in [0.717, 1.165) is 17.3 Å². The summed E-state index contributed by atoms with van der Waals surface area (Å²) in [5.41, 5.74) is 1.32. The molecule has 166 valence electrons. The summed E-state index contributed by atoms with van der Waals surface area (Å²) >= 11 is 5.93. The van der Waals surface area contributed by atoms with Gasteiger partial charge in [-0.3, -0.25) is 9.36 Å². The lowest BCUT2D eigenvalue weighted by atomic mass is 10.1. The van der Waals surface area contributed by atoms with E-state index in [1.54, 1.807) is 51.2 Å². The lowest BCUT2D eigenvalue weighted by Gasteiger charge is -2.13. The number of halogens is 4. The molecule has 0 bridgehead atoms. The highest BCUT2D eigenvalue weighted by Gasteiger charge is 2.35. The highest BCUT2D eigenvalue weighted by molar-refractivity contribution is 6.28. The SMILES string of the molecule is Cc1cc(=O)n(Cc2ccc(-c3nc(C(F)(F)F)cn3C(C)C)cc2)c2nc(Cl)ncc12. The van der Waals surface area contributed by atoms with E-state index in [1.165, 1.54) is 15.2 Å². The zero-order valence-electron chi connectivity index (χ0n) is 17.5. The van der Waals surface area contributed by atoms with Gasteiger partial charge in [-0.25, -0.2) is 9.97 Å². The first-order chi connectivity index (χ1) is 15.0. The van der Waals surface area contributed by atoms with Crippen molar-refractivity contribution in [3.8, 4) is 11.4 Å². The number of nitrogens with zero attached hydrogens (tertiary/aromatic N) is 5. The average molecular weight is 462 g/mol. The Balaban J connectivity index is 1.72. The molecule has 0 unspecified atom stereocenters. The summed E-state index contributed by atoms with van der Waals surface area (Å²) in [6, 6.07) is 8.20. The Labute approximate surface area is 186 Å². The number of alkyl halides is 3. The Hall–Kier alpha value is -3.20. The van der Waals surface area contributed by atoms with Crippen molar-refractivity contribution in [2.24, 2.45) is 0 Å². The van der Waals surface area contributed by atoms with E-state index in [4.69, 9.17) is 11.6 Å². The van der Waals surface area contributed by atoms with Crippen LogP contribution >= 0.6 is 11.6 Å². The molecule has 10 heteroatoms. The summed E-state index contributed by atoms with van der Waals surface area (Å²) in [7, 11) is 0. The van der Waals surface area contributed by atoms with E-state index in [0.29, 0.717) is 16.6 Å². The van der Waals surface area contributed by atoms with Crippen molar-refractivity contribution in [2.45, 2.75) is 39.5 Å². The maximum atomic E-state index is 13.2. The van der Waals surface area contributed by atoms with Gasteiger partial charge in [-0.05, 0) is 43.5 Å². The van der Waals surface area contributed by atoms with Crippen molar-refractivity contribution in [3.05, 3.63) is 75.2 Å². The molecule has 0 saturated carbocycles. The summed E-state index contributed by atoms with van der Waals surface area (Å²) in [6.07, 6.45) is -1.93. The third-order valence-corrected chi connectivity index (χ3v) is 5.34. The first-order valence-electron chi connectivity index (χ1n) is 9.82. The fraction of sp³-hybridized carbons (Fsp3) is 0.273. The van der Waals surface area contributed by atoms with E-state index in [2.05, 4.69) is 15.0 Å². The van der Waals surface area contributed by atoms with Crippen LogP contribution in [0, 0.1) is 6.92 Å². The van der Waals surface area contributed by atoms with Crippen molar-refractivity contribution < 1.29 is 13.2 Å². The van der Waals surface area contributed by atoms with Crippen LogP contribution in [0.5, 0.6) is 0 Å². The van der Waals surface area contributed by atoms with E-state index >= 15 is 0 Å². The summed E-state index contributed by atoms with van der Waals surface area (Å²) in [5.74, 6) is 0.233. The van der Waals surface area contributed by atoms with Gasteiger partial charge in [-0.1, -0.05) is 24.3 Å². The first kappa shape index (κ1) is 22.0. The molecule has 1 aromatic carbocycles. The fourth-order valence-corrected chi connectivity index (χ4v) is 3.64. The van der Waals surface area contributed by atoms with Crippen LogP contribution in [0.15, 0.2) is 47.5 Å². The normalized spacial score (nSPS) is 12.1. The van der Waals surface area contributed by atoms with Gasteiger partial charge < -0.3 is 4.57 Å². The predicted molar refractivity (Wildman–Crippen MR) is 116 cm³/mol. The van der Waals surface area contributed by atoms with Crippen LogP contribution in [0.1, 0.15) is 36.7 Å². The molecule has 0 spiro atoms. The molecule has 3 aromatic heterocycles. The Bertz CT molecular complexity index is 1360. The summed E-state index contributed by atoms with van der Waals surface area (Å²) in [5, 5.41) is 0.747. The Morgan fingerprint density at radius 1 is 1.12 bits per heavy atom. The molecular weight excluding hydrogens is 443 g/mol. The minimum absolute atomic E-state index is 0.0348. The summed E-state index contributed by atoms with van der Waals surface area (Å²) in [4.78, 5) is 24.6. The number of imidazole rings is 1. The maximum Gasteiger partial charge on any atom is 0.434 e. The largest absolute Gasteiger partial charge is 0.434 e. The predicted octanol–water partition coefficient (Wildman–Crippen LogP) is 5.26. The molecule has 0 aliphatic rings. The van der Waals surface area contributed by atoms with Crippen LogP contribution in [0.2, 0.25) is 5.28 Å². The first-order valence-corrected chi connectivity index (χ1v) is 10.2. The summed E-state index contributed by atoms with van der Waals surface area (Å²) < 4.78 is 42.5. The van der Waals surface area contributed by atoms with Gasteiger partial charge in [0.1, 0.15) is 11.5 Å². The van der Waals surface area contributed by atoms with Gasteiger partial charge in [0.2, 0.25) is 5.28 Å². The van der Waals surface area contributed by atoms with Crippen molar-refractivity contribution in [2.75, 3.05) is 0 Å². The van der Waals surface area contributed by atoms with Gasteiger partial charge >= 0.3 is 6.18 Å². The van der Waals surface area contributed by atoms with Crippen LogP contribution in [0.25, 0.3) is 22.4 Å². The van der Waals surface area contributed by atoms with Gasteiger partial charge in [-0.15, -0.1) is 0 Å². The number of fused-ring (bicyclic) bond motifs is 1. The zero-order valence-corrected chi connectivity index (χ0v) is 18.2. The van der Waals surface area contributed by atoms with Crippen molar-refractivity contribution in [3.63, 3.8) is 0 Å². The number of benzene rings is 1. The van der Waals surface area contributed by atoms with Crippen molar-refractivity contribution in [1.29, 1.82) is 0 Å². The van der Waals surface area contributed by atoms with E-state index in [1.807, 2.05) is 0 Å². The molecule has 0 atom stereocenters. The lowest BCUT2D eigenvalue weighted by molar-refractivity contribution is -0.140. The zero-order chi connectivity index (χ0) is 23.2. The minimum atomic E-state index is -4.52. The van der Waals surface area contributed by atoms with Crippen LogP contribution in [-0.4, -0.2) is 24.1 Å². The molecule has 4 aromatic rings. The second-order valence-electron chi connectivity index (χ2n) is 7.77. The van der Waals surface area contributed by atoms with Crippen molar-refractivity contribution >= 4 is 22.6 Å². The molecule has 3 heterocycles. The standard InChI is InChI=1S/C22H19ClF3N5O/c1-12(2)30-11-17(22(24,25)26)28-19(30)15-6-4-14(5-7-15)10-31-18(32)8-13(3)16-9-27-21(23)29-20(16)31/h4-9,11-12H,10H2,1-3H3. The van der Waals surface area contributed by atoms with Crippen LogP contribution < -0.4 is 5.56 Å². The Kier molecular flexibility index (Phi) is 5.54. The van der Waals surface area contributed by atoms with Gasteiger partial charge in [0, 0.05) is 35.5 Å². The number of aryl methyl sites for hydroxylation is 1. The fourth-order valence-electron chi connectivity index (χ4n) is 3.51. The third-order valence-electron chi connectivity index (χ3n) is 5.16. The lowest BCUT2D eigenvalue weighted by Crippen LogP contribution is -2.22. The molecular formula is C22H19ClF3N5O. The Morgan fingerprint density at radius 2 is 1.81 bits per heavy atom. The number of hydrogen-bond donors (Lipinski definition) is 0. The highest BCUT2D eigenvalue weighted by Crippen LogP contribution is 2.32. The van der Waals surface area contributed by atoms with Crippen LogP contribution in [0.3, 0.4) is 0 Å².